The highest BCUT2D eigenvalue weighted by Gasteiger charge is 2.14. The van der Waals surface area contributed by atoms with Gasteiger partial charge in [0, 0.05) is 11.3 Å². The Bertz CT molecular complexity index is 792. The molecule has 0 saturated heterocycles. The zero-order valence-corrected chi connectivity index (χ0v) is 12.9. The summed E-state index contributed by atoms with van der Waals surface area (Å²) < 4.78 is 23.6. The number of carbonyl (C=O) groups excluding carboxylic acids is 1. The van der Waals surface area contributed by atoms with Crippen LogP contribution in [0.25, 0.3) is 0 Å². The topological polar surface area (TPSA) is 69.2 Å². The van der Waals surface area contributed by atoms with Crippen molar-refractivity contribution >= 4 is 17.3 Å². The molecule has 0 aromatic heterocycles. The Hall–Kier alpha value is -3.09. The van der Waals surface area contributed by atoms with E-state index in [1.165, 1.54) is 18.2 Å². The first-order chi connectivity index (χ1) is 11.6. The van der Waals surface area contributed by atoms with Crippen LogP contribution in [0.15, 0.2) is 47.6 Å². The lowest BCUT2D eigenvalue weighted by Crippen LogP contribution is -2.17. The van der Waals surface area contributed by atoms with Gasteiger partial charge in [0.2, 0.25) is 6.79 Å². The number of halogens is 1. The molecule has 0 unspecified atom stereocenters. The highest BCUT2D eigenvalue weighted by Crippen LogP contribution is 2.32. The van der Waals surface area contributed by atoms with Crippen molar-refractivity contribution in [2.75, 3.05) is 18.7 Å². The van der Waals surface area contributed by atoms with Crippen LogP contribution >= 0.6 is 0 Å². The molecule has 3 rings (SSSR count). The number of benzene rings is 2. The van der Waals surface area contributed by atoms with E-state index < -0.39 is 11.7 Å². The van der Waals surface area contributed by atoms with Crippen molar-refractivity contribution in [1.82, 2.24) is 0 Å². The second kappa shape index (κ2) is 6.99. The minimum atomic E-state index is -0.428. The summed E-state index contributed by atoms with van der Waals surface area (Å²) in [6, 6.07) is 11.0. The maximum absolute atomic E-state index is 13.0. The van der Waals surface area contributed by atoms with Crippen molar-refractivity contribution in [3.05, 3.63) is 53.8 Å². The standard InChI is InChI=1S/C17H15FN2O4/c1-11(12-5-6-15-16(7-12)23-10-22-15)20-24-9-17(21)19-14-4-2-3-13(18)8-14/h2-8H,9-10H2,1H3,(H,19,21)/b20-11+. The van der Waals surface area contributed by atoms with E-state index in [0.29, 0.717) is 22.9 Å². The van der Waals surface area contributed by atoms with Crippen molar-refractivity contribution in [2.45, 2.75) is 6.92 Å². The number of nitrogens with one attached hydrogen (secondary N) is 1. The number of oxime groups is 1. The molecule has 1 aliphatic rings. The average Bonchev–Trinajstić information content (AvgIpc) is 3.02. The Morgan fingerprint density at radius 2 is 2.08 bits per heavy atom. The number of fused-ring (bicyclic) bond motifs is 1. The van der Waals surface area contributed by atoms with Crippen LogP contribution in [-0.2, 0) is 9.63 Å². The second-order valence-electron chi connectivity index (χ2n) is 5.08. The van der Waals surface area contributed by atoms with E-state index in [9.17, 15) is 9.18 Å². The molecule has 1 aliphatic heterocycles. The number of ether oxygens (including phenoxy) is 2. The van der Waals surface area contributed by atoms with Gasteiger partial charge in [0.05, 0.1) is 5.71 Å². The Labute approximate surface area is 137 Å². The summed E-state index contributed by atoms with van der Waals surface area (Å²) in [7, 11) is 0. The Balaban J connectivity index is 1.54. The third-order valence-electron chi connectivity index (χ3n) is 3.30. The van der Waals surface area contributed by atoms with Gasteiger partial charge in [-0.05, 0) is 43.3 Å². The molecule has 1 amide bonds. The monoisotopic (exact) mass is 330 g/mol. The summed E-state index contributed by atoms with van der Waals surface area (Å²) in [5.41, 5.74) is 1.75. The van der Waals surface area contributed by atoms with Gasteiger partial charge in [-0.15, -0.1) is 0 Å². The summed E-state index contributed by atoms with van der Waals surface area (Å²) in [5, 5.41) is 6.42. The van der Waals surface area contributed by atoms with Crippen molar-refractivity contribution in [1.29, 1.82) is 0 Å². The normalized spacial score (nSPS) is 12.8. The third kappa shape index (κ3) is 3.81. The van der Waals surface area contributed by atoms with Crippen molar-refractivity contribution in [3.8, 4) is 11.5 Å². The molecule has 0 spiro atoms. The zero-order chi connectivity index (χ0) is 16.9. The number of hydrogen-bond donors (Lipinski definition) is 1. The number of amides is 1. The molecule has 0 aliphatic carbocycles. The molecular weight excluding hydrogens is 315 g/mol. The Morgan fingerprint density at radius 1 is 1.25 bits per heavy atom. The maximum Gasteiger partial charge on any atom is 0.265 e. The highest BCUT2D eigenvalue weighted by atomic mass is 19.1. The molecule has 0 radical (unpaired) electrons. The van der Waals surface area contributed by atoms with E-state index in [1.54, 1.807) is 25.1 Å². The molecule has 124 valence electrons. The van der Waals surface area contributed by atoms with Crippen molar-refractivity contribution in [2.24, 2.45) is 5.16 Å². The van der Waals surface area contributed by atoms with E-state index in [0.717, 1.165) is 5.56 Å². The fraction of sp³-hybridized carbons (Fsp3) is 0.176. The molecular formula is C17H15FN2O4. The Morgan fingerprint density at radius 3 is 2.92 bits per heavy atom. The molecule has 0 fully saturated rings. The number of carbonyl (C=O) groups is 1. The Kier molecular flexibility index (Phi) is 4.60. The molecule has 2 aromatic carbocycles. The number of hydrogen-bond acceptors (Lipinski definition) is 5. The molecule has 0 atom stereocenters. The smallest absolute Gasteiger partial charge is 0.265 e. The van der Waals surface area contributed by atoms with Crippen molar-refractivity contribution < 1.29 is 23.5 Å². The summed E-state index contributed by atoms with van der Waals surface area (Å²) in [6.07, 6.45) is 0. The van der Waals surface area contributed by atoms with Crippen LogP contribution in [0, 0.1) is 5.82 Å². The summed E-state index contributed by atoms with van der Waals surface area (Å²) in [6.45, 7) is 1.67. The van der Waals surface area contributed by atoms with Gasteiger partial charge in [-0.1, -0.05) is 11.2 Å². The molecule has 0 bridgehead atoms. The van der Waals surface area contributed by atoms with Crippen LogP contribution in [0.1, 0.15) is 12.5 Å². The van der Waals surface area contributed by atoms with Crippen LogP contribution < -0.4 is 14.8 Å². The molecule has 24 heavy (non-hydrogen) atoms. The molecule has 6 nitrogen and oxygen atoms in total. The first-order valence-corrected chi connectivity index (χ1v) is 7.24. The SMILES string of the molecule is C/C(=N\OCC(=O)Nc1cccc(F)c1)c1ccc2c(c1)OCO2. The van der Waals surface area contributed by atoms with Crippen molar-refractivity contribution in [3.63, 3.8) is 0 Å². The highest BCUT2D eigenvalue weighted by molar-refractivity contribution is 5.99. The fourth-order valence-corrected chi connectivity index (χ4v) is 2.13. The van der Waals surface area contributed by atoms with Gasteiger partial charge in [0.15, 0.2) is 18.1 Å². The second-order valence-corrected chi connectivity index (χ2v) is 5.08. The van der Waals surface area contributed by atoms with Gasteiger partial charge in [-0.2, -0.15) is 0 Å². The molecule has 1 heterocycles. The van der Waals surface area contributed by atoms with Crippen LogP contribution in [-0.4, -0.2) is 25.0 Å². The largest absolute Gasteiger partial charge is 0.454 e. The van der Waals surface area contributed by atoms with Crippen LogP contribution in [0.3, 0.4) is 0 Å². The summed E-state index contributed by atoms with van der Waals surface area (Å²) in [5.74, 6) is 0.473. The quantitative estimate of drug-likeness (QED) is 0.676. The minimum absolute atomic E-state index is 0.200. The molecule has 1 N–H and O–H groups in total. The van der Waals surface area contributed by atoms with Gasteiger partial charge in [-0.25, -0.2) is 4.39 Å². The van der Waals surface area contributed by atoms with Gasteiger partial charge < -0.3 is 19.6 Å². The number of anilines is 1. The average molecular weight is 330 g/mol. The molecule has 7 heteroatoms. The minimum Gasteiger partial charge on any atom is -0.454 e. The lowest BCUT2D eigenvalue weighted by atomic mass is 10.1. The van der Waals surface area contributed by atoms with Gasteiger partial charge >= 0.3 is 0 Å². The number of nitrogens with zero attached hydrogens (tertiary/aromatic N) is 1. The zero-order valence-electron chi connectivity index (χ0n) is 12.9. The van der Waals surface area contributed by atoms with E-state index in [-0.39, 0.29) is 13.4 Å². The van der Waals surface area contributed by atoms with E-state index >= 15 is 0 Å². The van der Waals surface area contributed by atoms with Gasteiger partial charge in [-0.3, -0.25) is 4.79 Å². The van der Waals surface area contributed by atoms with E-state index in [2.05, 4.69) is 10.5 Å². The van der Waals surface area contributed by atoms with Crippen LogP contribution in [0.2, 0.25) is 0 Å². The first kappa shape index (κ1) is 15.8. The third-order valence-corrected chi connectivity index (χ3v) is 3.30. The van der Waals surface area contributed by atoms with Crippen LogP contribution in [0.4, 0.5) is 10.1 Å². The lowest BCUT2D eigenvalue weighted by molar-refractivity contribution is -0.120. The van der Waals surface area contributed by atoms with Gasteiger partial charge in [0.25, 0.3) is 5.91 Å². The predicted molar refractivity (Wildman–Crippen MR) is 85.8 cm³/mol. The molecule has 2 aromatic rings. The number of rotatable bonds is 5. The first-order valence-electron chi connectivity index (χ1n) is 7.24. The van der Waals surface area contributed by atoms with E-state index in [1.807, 2.05) is 6.07 Å². The summed E-state index contributed by atoms with van der Waals surface area (Å²) in [4.78, 5) is 16.8. The lowest BCUT2D eigenvalue weighted by Gasteiger charge is -2.05. The van der Waals surface area contributed by atoms with E-state index in [4.69, 9.17) is 14.3 Å². The maximum atomic E-state index is 13.0. The van der Waals surface area contributed by atoms with Crippen LogP contribution in [0.5, 0.6) is 11.5 Å². The van der Waals surface area contributed by atoms with Gasteiger partial charge in [0.1, 0.15) is 5.82 Å². The predicted octanol–water partition coefficient (Wildman–Crippen LogP) is 2.93. The molecule has 0 saturated carbocycles. The fourth-order valence-electron chi connectivity index (χ4n) is 2.13. The summed E-state index contributed by atoms with van der Waals surface area (Å²) >= 11 is 0.